The van der Waals surface area contributed by atoms with Gasteiger partial charge in [-0.1, -0.05) is 25.4 Å². The lowest BCUT2D eigenvalue weighted by Gasteiger charge is -2.14. The number of nitrogens with zero attached hydrogens (tertiary/aromatic N) is 2. The van der Waals surface area contributed by atoms with E-state index in [0.29, 0.717) is 54.7 Å². The smallest absolute Gasteiger partial charge is 0.191 e. The molecule has 146 valence electrons. The molecule has 8 heteroatoms. The van der Waals surface area contributed by atoms with E-state index in [2.05, 4.69) is 39.8 Å². The molecule has 1 aliphatic heterocycles. The number of halogens is 1. The van der Waals surface area contributed by atoms with Crippen LogP contribution in [0, 0.1) is 0 Å². The fraction of sp³-hybridized carbons (Fsp3) is 0.474. The molecule has 0 radical (unpaired) electrons. The van der Waals surface area contributed by atoms with Crippen molar-refractivity contribution in [2.24, 2.45) is 4.99 Å². The Morgan fingerprint density at radius 1 is 1.26 bits per heavy atom. The summed E-state index contributed by atoms with van der Waals surface area (Å²) < 4.78 is 11.4. The second-order valence-electron chi connectivity index (χ2n) is 6.56. The first-order valence-corrected chi connectivity index (χ1v) is 10.3. The van der Waals surface area contributed by atoms with E-state index in [0.717, 1.165) is 22.7 Å². The second-order valence-corrected chi connectivity index (χ2v) is 7.91. The van der Waals surface area contributed by atoms with Gasteiger partial charge in [0.05, 0.1) is 30.5 Å². The summed E-state index contributed by atoms with van der Waals surface area (Å²) in [6.45, 7) is 6.76. The largest absolute Gasteiger partial charge is 0.489 e. The van der Waals surface area contributed by atoms with Crippen molar-refractivity contribution >= 4 is 28.9 Å². The van der Waals surface area contributed by atoms with Gasteiger partial charge in [0.1, 0.15) is 5.01 Å². The normalized spacial score (nSPS) is 14.2. The minimum absolute atomic E-state index is 0.441. The Morgan fingerprint density at radius 3 is 2.78 bits per heavy atom. The van der Waals surface area contributed by atoms with Gasteiger partial charge in [-0.2, -0.15) is 0 Å². The lowest BCUT2D eigenvalue weighted by Crippen LogP contribution is -2.36. The minimum atomic E-state index is 0.441. The third kappa shape index (κ3) is 5.26. The predicted octanol–water partition coefficient (Wildman–Crippen LogP) is 3.95. The molecule has 2 heterocycles. The van der Waals surface area contributed by atoms with E-state index in [1.54, 1.807) is 18.4 Å². The van der Waals surface area contributed by atoms with Crippen molar-refractivity contribution in [1.82, 2.24) is 15.6 Å². The average Bonchev–Trinajstić information content (AvgIpc) is 3.00. The molecular weight excluding hydrogens is 384 g/mol. The Balaban J connectivity index is 1.57. The Labute approximate surface area is 169 Å². The zero-order chi connectivity index (χ0) is 19.2. The molecule has 0 atom stereocenters. The van der Waals surface area contributed by atoms with E-state index in [9.17, 15) is 0 Å². The predicted molar refractivity (Wildman–Crippen MR) is 110 cm³/mol. The number of ether oxygens (including phenoxy) is 2. The molecule has 0 amide bonds. The van der Waals surface area contributed by atoms with Crippen LogP contribution in [0.3, 0.4) is 0 Å². The van der Waals surface area contributed by atoms with Crippen LogP contribution < -0.4 is 20.1 Å². The Morgan fingerprint density at radius 2 is 2.04 bits per heavy atom. The fourth-order valence-electron chi connectivity index (χ4n) is 2.62. The van der Waals surface area contributed by atoms with Crippen molar-refractivity contribution in [3.8, 4) is 11.5 Å². The SMILES string of the molecule is CN=C(NCc1cc(Cl)c2c(c1)OCCCO2)NCc1nc(C(C)C)cs1. The number of hydrogen-bond acceptors (Lipinski definition) is 5. The van der Waals surface area contributed by atoms with Gasteiger partial charge < -0.3 is 20.1 Å². The van der Waals surface area contributed by atoms with Crippen LogP contribution in [-0.2, 0) is 13.1 Å². The van der Waals surface area contributed by atoms with Crippen molar-refractivity contribution in [2.75, 3.05) is 20.3 Å². The molecule has 3 rings (SSSR count). The van der Waals surface area contributed by atoms with Gasteiger partial charge in [-0.25, -0.2) is 4.98 Å². The van der Waals surface area contributed by atoms with Crippen LogP contribution in [0.4, 0.5) is 0 Å². The van der Waals surface area contributed by atoms with E-state index in [1.165, 1.54) is 0 Å². The van der Waals surface area contributed by atoms with Gasteiger partial charge in [0.2, 0.25) is 0 Å². The highest BCUT2D eigenvalue weighted by molar-refractivity contribution is 7.09. The van der Waals surface area contributed by atoms with E-state index in [1.807, 2.05) is 12.1 Å². The first-order valence-electron chi connectivity index (χ1n) is 9.03. The molecule has 1 aromatic heterocycles. The number of rotatable bonds is 5. The summed E-state index contributed by atoms with van der Waals surface area (Å²) >= 11 is 8.01. The van der Waals surface area contributed by atoms with Crippen LogP contribution in [-0.4, -0.2) is 31.2 Å². The maximum absolute atomic E-state index is 6.35. The first kappa shape index (κ1) is 19.8. The molecule has 0 bridgehead atoms. The van der Waals surface area contributed by atoms with Crippen molar-refractivity contribution in [1.29, 1.82) is 0 Å². The lowest BCUT2D eigenvalue weighted by atomic mass is 10.2. The van der Waals surface area contributed by atoms with Gasteiger partial charge in [-0.3, -0.25) is 4.99 Å². The number of nitrogens with one attached hydrogen (secondary N) is 2. The quantitative estimate of drug-likeness (QED) is 0.579. The zero-order valence-corrected chi connectivity index (χ0v) is 17.4. The van der Waals surface area contributed by atoms with E-state index < -0.39 is 0 Å². The highest BCUT2D eigenvalue weighted by Crippen LogP contribution is 2.37. The summed E-state index contributed by atoms with van der Waals surface area (Å²) in [5.41, 5.74) is 2.13. The molecule has 6 nitrogen and oxygen atoms in total. The van der Waals surface area contributed by atoms with Gasteiger partial charge >= 0.3 is 0 Å². The summed E-state index contributed by atoms with van der Waals surface area (Å²) in [6, 6.07) is 3.85. The highest BCUT2D eigenvalue weighted by Gasteiger charge is 2.15. The average molecular weight is 409 g/mol. The molecule has 0 aliphatic carbocycles. The molecular formula is C19H25ClN4O2S. The van der Waals surface area contributed by atoms with Gasteiger partial charge in [0.15, 0.2) is 17.5 Å². The number of benzene rings is 1. The monoisotopic (exact) mass is 408 g/mol. The molecule has 27 heavy (non-hydrogen) atoms. The van der Waals surface area contributed by atoms with Crippen LogP contribution in [0.25, 0.3) is 0 Å². The zero-order valence-electron chi connectivity index (χ0n) is 15.8. The summed E-state index contributed by atoms with van der Waals surface area (Å²) in [5, 5.41) is 10.3. The molecule has 2 N–H and O–H groups in total. The molecule has 0 saturated heterocycles. The van der Waals surface area contributed by atoms with Crippen molar-refractivity contribution in [3.63, 3.8) is 0 Å². The molecule has 2 aromatic rings. The number of aromatic nitrogens is 1. The third-order valence-corrected chi connectivity index (χ3v) is 5.26. The Bertz CT molecular complexity index is 807. The first-order chi connectivity index (χ1) is 13.1. The van der Waals surface area contributed by atoms with Gasteiger partial charge in [0.25, 0.3) is 0 Å². The Hall–Kier alpha value is -1.99. The summed E-state index contributed by atoms with van der Waals surface area (Å²) in [7, 11) is 1.75. The number of thiazole rings is 1. The van der Waals surface area contributed by atoms with Gasteiger partial charge in [0, 0.05) is 25.4 Å². The van der Waals surface area contributed by atoms with Crippen LogP contribution in [0.1, 0.15) is 42.5 Å². The van der Waals surface area contributed by atoms with Crippen LogP contribution in [0.2, 0.25) is 5.02 Å². The number of hydrogen-bond donors (Lipinski definition) is 2. The topological polar surface area (TPSA) is 67.8 Å². The number of fused-ring (bicyclic) bond motifs is 1. The second kappa shape index (κ2) is 9.28. The molecule has 1 aliphatic rings. The minimum Gasteiger partial charge on any atom is -0.489 e. The summed E-state index contributed by atoms with van der Waals surface area (Å²) in [5.74, 6) is 2.48. The summed E-state index contributed by atoms with van der Waals surface area (Å²) in [6.07, 6.45) is 0.852. The van der Waals surface area contributed by atoms with E-state index >= 15 is 0 Å². The van der Waals surface area contributed by atoms with Gasteiger partial charge in [-0.15, -0.1) is 11.3 Å². The molecule has 0 spiro atoms. The maximum atomic E-state index is 6.35. The lowest BCUT2D eigenvalue weighted by molar-refractivity contribution is 0.297. The Kier molecular flexibility index (Phi) is 6.79. The molecule has 1 aromatic carbocycles. The molecule has 0 saturated carbocycles. The number of guanidine groups is 1. The van der Waals surface area contributed by atoms with Crippen molar-refractivity contribution in [3.05, 3.63) is 38.8 Å². The van der Waals surface area contributed by atoms with Crippen LogP contribution in [0.15, 0.2) is 22.5 Å². The standard InChI is InChI=1S/C19H25ClN4O2S/c1-12(2)15-11-27-17(24-15)10-23-19(21-3)22-9-13-7-14(20)18-16(8-13)25-5-4-6-26-18/h7-8,11-12H,4-6,9-10H2,1-3H3,(H2,21,22,23). The van der Waals surface area contributed by atoms with Crippen molar-refractivity contribution in [2.45, 2.75) is 39.3 Å². The van der Waals surface area contributed by atoms with Gasteiger partial charge in [-0.05, 0) is 23.6 Å². The number of aliphatic imine (C=N–C) groups is 1. The molecule has 0 fully saturated rings. The van der Waals surface area contributed by atoms with Crippen LogP contribution >= 0.6 is 22.9 Å². The highest BCUT2D eigenvalue weighted by atomic mass is 35.5. The molecule has 0 unspecified atom stereocenters. The van der Waals surface area contributed by atoms with E-state index in [-0.39, 0.29) is 0 Å². The van der Waals surface area contributed by atoms with Crippen LogP contribution in [0.5, 0.6) is 11.5 Å². The summed E-state index contributed by atoms with van der Waals surface area (Å²) in [4.78, 5) is 8.90. The van der Waals surface area contributed by atoms with Crippen molar-refractivity contribution < 1.29 is 9.47 Å². The third-order valence-electron chi connectivity index (χ3n) is 4.11. The fourth-order valence-corrected chi connectivity index (χ4v) is 3.81. The van der Waals surface area contributed by atoms with E-state index in [4.69, 9.17) is 21.1 Å². The maximum Gasteiger partial charge on any atom is 0.191 e.